The fourth-order valence-corrected chi connectivity index (χ4v) is 4.99. The normalized spacial score (nSPS) is 14.8. The summed E-state index contributed by atoms with van der Waals surface area (Å²) in [4.78, 5) is 14.2. The van der Waals surface area contributed by atoms with Gasteiger partial charge in [0.15, 0.2) is 0 Å². The molecule has 0 spiro atoms. The number of fused-ring (bicyclic) bond motifs is 1. The van der Waals surface area contributed by atoms with Gasteiger partial charge < -0.3 is 9.64 Å². The second-order valence-electron chi connectivity index (χ2n) is 7.63. The summed E-state index contributed by atoms with van der Waals surface area (Å²) in [5, 5.41) is 5.10. The van der Waals surface area contributed by atoms with E-state index in [0.717, 1.165) is 70.7 Å². The quantitative estimate of drug-likeness (QED) is 0.410. The lowest BCUT2D eigenvalue weighted by molar-refractivity contribution is 0.248. The van der Waals surface area contributed by atoms with Crippen LogP contribution in [0.25, 0.3) is 21.5 Å². The molecular weight excluding hydrogens is 428 g/mol. The van der Waals surface area contributed by atoms with Crippen LogP contribution in [0.3, 0.4) is 0 Å². The highest BCUT2D eigenvalue weighted by Gasteiger charge is 2.20. The fourth-order valence-electron chi connectivity index (χ4n) is 4.00. The van der Waals surface area contributed by atoms with Crippen LogP contribution in [0.1, 0.15) is 5.69 Å². The van der Waals surface area contributed by atoms with Crippen molar-refractivity contribution >= 4 is 39.5 Å². The minimum Gasteiger partial charge on any atom is -0.497 e. The van der Waals surface area contributed by atoms with E-state index in [9.17, 15) is 0 Å². The van der Waals surface area contributed by atoms with Gasteiger partial charge in [-0.1, -0.05) is 11.6 Å². The first-order valence-corrected chi connectivity index (χ1v) is 11.6. The average Bonchev–Trinajstić information content (AvgIpc) is 3.27. The Balaban J connectivity index is 1.23. The number of thiazole rings is 1. The van der Waals surface area contributed by atoms with Crippen LogP contribution in [-0.2, 0) is 6.54 Å². The van der Waals surface area contributed by atoms with E-state index in [1.165, 1.54) is 5.69 Å². The molecule has 5 rings (SSSR count). The Morgan fingerprint density at radius 3 is 2.61 bits per heavy atom. The van der Waals surface area contributed by atoms with E-state index in [-0.39, 0.29) is 0 Å². The maximum Gasteiger partial charge on any atom is 0.123 e. The summed E-state index contributed by atoms with van der Waals surface area (Å²) in [5.41, 5.74) is 4.44. The molecule has 4 aromatic rings. The van der Waals surface area contributed by atoms with Crippen molar-refractivity contribution in [2.24, 2.45) is 0 Å². The number of hydrogen-bond acceptors (Lipinski definition) is 6. The van der Waals surface area contributed by atoms with Crippen molar-refractivity contribution in [3.63, 3.8) is 0 Å². The Morgan fingerprint density at radius 1 is 1.03 bits per heavy atom. The van der Waals surface area contributed by atoms with Crippen LogP contribution >= 0.6 is 22.9 Å². The van der Waals surface area contributed by atoms with Gasteiger partial charge in [0, 0.05) is 66.0 Å². The largest absolute Gasteiger partial charge is 0.497 e. The highest BCUT2D eigenvalue weighted by molar-refractivity contribution is 7.13. The average molecular weight is 451 g/mol. The lowest BCUT2D eigenvalue weighted by Crippen LogP contribution is -2.46. The van der Waals surface area contributed by atoms with Crippen molar-refractivity contribution in [2.45, 2.75) is 6.54 Å². The molecule has 0 amide bonds. The smallest absolute Gasteiger partial charge is 0.123 e. The van der Waals surface area contributed by atoms with Crippen molar-refractivity contribution < 1.29 is 4.74 Å². The maximum atomic E-state index is 6.14. The molecule has 1 aliphatic rings. The number of benzene rings is 2. The summed E-state index contributed by atoms with van der Waals surface area (Å²) >= 11 is 7.83. The minimum absolute atomic E-state index is 0.722. The van der Waals surface area contributed by atoms with Gasteiger partial charge in [0.05, 0.1) is 18.3 Å². The van der Waals surface area contributed by atoms with Crippen LogP contribution in [0.4, 0.5) is 5.69 Å². The Bertz CT molecular complexity index is 1190. The predicted molar refractivity (Wildman–Crippen MR) is 128 cm³/mol. The van der Waals surface area contributed by atoms with Gasteiger partial charge in [-0.25, -0.2) is 4.98 Å². The number of hydrogen-bond donors (Lipinski definition) is 0. The lowest BCUT2D eigenvalue weighted by atomic mass is 10.1. The van der Waals surface area contributed by atoms with Crippen LogP contribution in [-0.4, -0.2) is 48.2 Å². The van der Waals surface area contributed by atoms with E-state index in [1.807, 2.05) is 30.5 Å². The zero-order chi connectivity index (χ0) is 21.2. The summed E-state index contributed by atoms with van der Waals surface area (Å²) in [5.74, 6) is 0.864. The zero-order valence-electron chi connectivity index (χ0n) is 17.3. The number of aromatic nitrogens is 2. The minimum atomic E-state index is 0.722. The molecule has 0 unspecified atom stereocenters. The maximum absolute atomic E-state index is 6.14. The van der Waals surface area contributed by atoms with E-state index in [2.05, 4.69) is 44.4 Å². The highest BCUT2D eigenvalue weighted by atomic mass is 35.5. The van der Waals surface area contributed by atoms with Crippen molar-refractivity contribution in [2.75, 3.05) is 38.2 Å². The SMILES string of the molecule is COc1ccc(-c2nc(CN3CCN(c4ccnc5cc(Cl)ccc45)CC3)cs2)cc1. The first-order valence-electron chi connectivity index (χ1n) is 10.3. The Morgan fingerprint density at radius 2 is 1.84 bits per heavy atom. The number of halogens is 1. The van der Waals surface area contributed by atoms with Crippen LogP contribution in [0.2, 0.25) is 5.02 Å². The fraction of sp³-hybridized carbons (Fsp3) is 0.250. The second-order valence-corrected chi connectivity index (χ2v) is 8.92. The monoisotopic (exact) mass is 450 g/mol. The lowest BCUT2D eigenvalue weighted by Gasteiger charge is -2.36. The van der Waals surface area contributed by atoms with Crippen molar-refractivity contribution in [1.82, 2.24) is 14.9 Å². The Kier molecular flexibility index (Phi) is 5.76. The number of methoxy groups -OCH3 is 1. The number of pyridine rings is 1. The van der Waals surface area contributed by atoms with Gasteiger partial charge in [-0.2, -0.15) is 0 Å². The van der Waals surface area contributed by atoms with E-state index in [4.69, 9.17) is 21.3 Å². The molecule has 0 radical (unpaired) electrons. The molecule has 5 nitrogen and oxygen atoms in total. The first kappa shape index (κ1) is 20.2. The third-order valence-corrected chi connectivity index (χ3v) is 6.84. The van der Waals surface area contributed by atoms with Crippen LogP contribution in [0, 0.1) is 0 Å². The molecule has 158 valence electrons. The third kappa shape index (κ3) is 4.37. The molecule has 3 heterocycles. The molecule has 1 fully saturated rings. The molecule has 1 aliphatic heterocycles. The van der Waals surface area contributed by atoms with Crippen LogP contribution < -0.4 is 9.64 Å². The number of piperazine rings is 1. The van der Waals surface area contributed by atoms with Gasteiger partial charge in [0.1, 0.15) is 10.8 Å². The molecule has 2 aromatic heterocycles. The van der Waals surface area contributed by atoms with Gasteiger partial charge in [-0.3, -0.25) is 9.88 Å². The van der Waals surface area contributed by atoms with Crippen molar-refractivity contribution in [3.05, 3.63) is 70.8 Å². The van der Waals surface area contributed by atoms with Gasteiger partial charge >= 0.3 is 0 Å². The summed E-state index contributed by atoms with van der Waals surface area (Å²) < 4.78 is 5.24. The summed E-state index contributed by atoms with van der Waals surface area (Å²) in [6, 6.07) is 16.1. The Labute approximate surface area is 190 Å². The van der Waals surface area contributed by atoms with Gasteiger partial charge in [-0.15, -0.1) is 11.3 Å². The topological polar surface area (TPSA) is 41.5 Å². The Hall–Kier alpha value is -2.67. The summed E-state index contributed by atoms with van der Waals surface area (Å²) in [7, 11) is 1.68. The van der Waals surface area contributed by atoms with E-state index >= 15 is 0 Å². The third-order valence-electron chi connectivity index (χ3n) is 5.67. The summed E-state index contributed by atoms with van der Waals surface area (Å²) in [6.45, 7) is 4.86. The van der Waals surface area contributed by atoms with Crippen molar-refractivity contribution in [3.8, 4) is 16.3 Å². The molecular formula is C24H23ClN4OS. The zero-order valence-corrected chi connectivity index (χ0v) is 18.9. The second kappa shape index (κ2) is 8.83. The molecule has 0 N–H and O–H groups in total. The molecule has 1 saturated heterocycles. The van der Waals surface area contributed by atoms with Gasteiger partial charge in [-0.05, 0) is 48.5 Å². The molecule has 31 heavy (non-hydrogen) atoms. The van der Waals surface area contributed by atoms with Gasteiger partial charge in [0.25, 0.3) is 0 Å². The highest BCUT2D eigenvalue weighted by Crippen LogP contribution is 2.29. The molecule has 7 heteroatoms. The molecule has 0 atom stereocenters. The van der Waals surface area contributed by atoms with Crippen molar-refractivity contribution in [1.29, 1.82) is 0 Å². The number of rotatable bonds is 5. The van der Waals surface area contributed by atoms with E-state index < -0.39 is 0 Å². The van der Waals surface area contributed by atoms with Crippen LogP contribution in [0.5, 0.6) is 5.75 Å². The molecule has 0 bridgehead atoms. The predicted octanol–water partition coefficient (Wildman–Crippen LogP) is 5.34. The van der Waals surface area contributed by atoms with Gasteiger partial charge in [0.2, 0.25) is 0 Å². The van der Waals surface area contributed by atoms with E-state index in [0.29, 0.717) is 0 Å². The molecule has 0 aliphatic carbocycles. The molecule has 0 saturated carbocycles. The number of ether oxygens (including phenoxy) is 1. The number of anilines is 1. The first-order chi connectivity index (χ1) is 15.2. The molecule has 2 aromatic carbocycles. The number of nitrogens with zero attached hydrogens (tertiary/aromatic N) is 4. The van der Waals surface area contributed by atoms with Crippen LogP contribution in [0.15, 0.2) is 60.1 Å². The standard InChI is InChI=1S/C24H23ClN4OS/c1-30-20-5-2-17(3-6-20)24-27-19(16-31-24)15-28-10-12-29(13-11-28)23-8-9-26-22-14-18(25)4-7-21(22)23/h2-9,14,16H,10-13,15H2,1H3. The summed E-state index contributed by atoms with van der Waals surface area (Å²) in [6.07, 6.45) is 1.87. The van der Waals surface area contributed by atoms with E-state index in [1.54, 1.807) is 18.4 Å².